The Morgan fingerprint density at radius 2 is 2.00 bits per heavy atom. The minimum atomic E-state index is 0.193. The minimum absolute atomic E-state index is 0.193. The normalized spacial score (nSPS) is 22.2. The van der Waals surface area contributed by atoms with Gasteiger partial charge in [0.2, 0.25) is 0 Å². The zero-order valence-corrected chi connectivity index (χ0v) is 15.4. The number of ether oxygens (including phenoxy) is 1. The van der Waals surface area contributed by atoms with Gasteiger partial charge in [-0.05, 0) is 55.5 Å². The Balaban J connectivity index is 1.20. The van der Waals surface area contributed by atoms with Gasteiger partial charge in [-0.2, -0.15) is 5.10 Å². The van der Waals surface area contributed by atoms with Crippen LogP contribution in [0.4, 0.5) is 5.82 Å². The molecule has 0 amide bonds. The van der Waals surface area contributed by atoms with Crippen molar-refractivity contribution in [3.8, 4) is 0 Å². The van der Waals surface area contributed by atoms with Crippen molar-refractivity contribution in [3.63, 3.8) is 0 Å². The quantitative estimate of drug-likeness (QED) is 0.847. The predicted molar refractivity (Wildman–Crippen MR) is 102 cm³/mol. The Kier molecular flexibility index (Phi) is 4.14. The van der Waals surface area contributed by atoms with Crippen molar-refractivity contribution in [2.75, 3.05) is 38.2 Å². The number of nitrogens with zero attached hydrogens (tertiary/aromatic N) is 4. The third kappa shape index (κ3) is 2.89. The molecule has 3 aliphatic rings. The van der Waals surface area contributed by atoms with E-state index in [1.807, 2.05) is 0 Å². The second-order valence-corrected chi connectivity index (χ2v) is 7.83. The van der Waals surface area contributed by atoms with Crippen LogP contribution < -0.4 is 4.90 Å². The van der Waals surface area contributed by atoms with Crippen molar-refractivity contribution in [2.45, 2.75) is 37.8 Å². The number of aryl methyl sites for hydroxylation is 2. The standard InChI is InChI=1S/C21H26N4O/c1-24(14-20-18-7-3-2-5-15(18)9-10-26-20)17-12-25(13-17)21-11-16-6-4-8-19(16)22-23-21/h2-3,5,7,11,17,20H,4,6,8-10,12-14H2,1H3. The third-order valence-electron chi connectivity index (χ3n) is 6.16. The summed E-state index contributed by atoms with van der Waals surface area (Å²) in [7, 11) is 2.22. The Labute approximate surface area is 155 Å². The van der Waals surface area contributed by atoms with Crippen LogP contribution in [0.25, 0.3) is 0 Å². The van der Waals surface area contributed by atoms with Crippen molar-refractivity contribution in [1.29, 1.82) is 0 Å². The maximum atomic E-state index is 6.08. The first kappa shape index (κ1) is 16.2. The molecule has 1 aromatic carbocycles. The van der Waals surface area contributed by atoms with Crippen molar-refractivity contribution in [2.24, 2.45) is 0 Å². The number of benzene rings is 1. The molecular weight excluding hydrogens is 324 g/mol. The highest BCUT2D eigenvalue weighted by Crippen LogP contribution is 2.30. The molecule has 1 aromatic heterocycles. The fourth-order valence-corrected chi connectivity index (χ4v) is 4.43. The number of aromatic nitrogens is 2. The van der Waals surface area contributed by atoms with Gasteiger partial charge < -0.3 is 9.64 Å². The maximum absolute atomic E-state index is 6.08. The zero-order chi connectivity index (χ0) is 17.5. The molecule has 26 heavy (non-hydrogen) atoms. The molecule has 0 radical (unpaired) electrons. The molecule has 136 valence electrons. The molecule has 0 N–H and O–H groups in total. The van der Waals surface area contributed by atoms with E-state index in [0.29, 0.717) is 6.04 Å². The summed E-state index contributed by atoms with van der Waals surface area (Å²) in [4.78, 5) is 4.80. The van der Waals surface area contributed by atoms with Crippen LogP contribution >= 0.6 is 0 Å². The van der Waals surface area contributed by atoms with Crippen LogP contribution in [0, 0.1) is 0 Å². The highest BCUT2D eigenvalue weighted by Gasteiger charge is 2.33. The lowest BCUT2D eigenvalue weighted by Crippen LogP contribution is -2.59. The monoisotopic (exact) mass is 350 g/mol. The molecule has 1 fully saturated rings. The molecule has 1 saturated heterocycles. The van der Waals surface area contributed by atoms with E-state index in [4.69, 9.17) is 4.74 Å². The number of rotatable bonds is 4. The van der Waals surface area contributed by atoms with Gasteiger partial charge in [0.05, 0.1) is 18.4 Å². The van der Waals surface area contributed by atoms with E-state index in [1.54, 1.807) is 0 Å². The molecule has 5 rings (SSSR count). The second-order valence-electron chi connectivity index (χ2n) is 7.83. The van der Waals surface area contributed by atoms with Crippen LogP contribution in [0.5, 0.6) is 0 Å². The first-order valence-corrected chi connectivity index (χ1v) is 9.78. The highest BCUT2D eigenvalue weighted by atomic mass is 16.5. The zero-order valence-electron chi connectivity index (χ0n) is 15.4. The third-order valence-corrected chi connectivity index (χ3v) is 6.16. The van der Waals surface area contributed by atoms with E-state index < -0.39 is 0 Å². The van der Waals surface area contributed by atoms with E-state index in [0.717, 1.165) is 51.3 Å². The van der Waals surface area contributed by atoms with Crippen molar-refractivity contribution in [1.82, 2.24) is 15.1 Å². The molecule has 1 aliphatic carbocycles. The van der Waals surface area contributed by atoms with Gasteiger partial charge in [0.25, 0.3) is 0 Å². The number of fused-ring (bicyclic) bond motifs is 2. The molecule has 1 unspecified atom stereocenters. The summed E-state index contributed by atoms with van der Waals surface area (Å²) in [5.41, 5.74) is 5.42. The van der Waals surface area contributed by atoms with Crippen molar-refractivity contribution < 1.29 is 4.74 Å². The molecule has 5 heteroatoms. The van der Waals surface area contributed by atoms with Crippen molar-refractivity contribution in [3.05, 3.63) is 52.7 Å². The smallest absolute Gasteiger partial charge is 0.151 e. The lowest BCUT2D eigenvalue weighted by atomic mass is 9.96. The topological polar surface area (TPSA) is 41.5 Å². The average Bonchev–Trinajstić information content (AvgIpc) is 3.09. The van der Waals surface area contributed by atoms with Crippen LogP contribution in [0.15, 0.2) is 30.3 Å². The van der Waals surface area contributed by atoms with E-state index in [2.05, 4.69) is 57.4 Å². The van der Waals surface area contributed by atoms with E-state index in [-0.39, 0.29) is 6.10 Å². The summed E-state index contributed by atoms with van der Waals surface area (Å²) < 4.78 is 6.08. The molecule has 2 aliphatic heterocycles. The van der Waals surface area contributed by atoms with E-state index in [9.17, 15) is 0 Å². The molecule has 0 bridgehead atoms. The summed E-state index contributed by atoms with van der Waals surface area (Å²) in [5.74, 6) is 1.05. The first-order valence-electron chi connectivity index (χ1n) is 9.78. The van der Waals surface area contributed by atoms with Crippen molar-refractivity contribution >= 4 is 5.82 Å². The Morgan fingerprint density at radius 1 is 1.12 bits per heavy atom. The molecule has 1 atom stereocenters. The predicted octanol–water partition coefficient (Wildman–Crippen LogP) is 2.40. The van der Waals surface area contributed by atoms with Gasteiger partial charge in [0.15, 0.2) is 5.82 Å². The van der Waals surface area contributed by atoms with Gasteiger partial charge in [-0.25, -0.2) is 0 Å². The van der Waals surface area contributed by atoms with E-state index in [1.165, 1.54) is 28.8 Å². The van der Waals surface area contributed by atoms with Gasteiger partial charge in [0, 0.05) is 25.7 Å². The second kappa shape index (κ2) is 6.63. The minimum Gasteiger partial charge on any atom is -0.372 e. The van der Waals surface area contributed by atoms with Crippen LogP contribution in [0.2, 0.25) is 0 Å². The highest BCUT2D eigenvalue weighted by molar-refractivity contribution is 5.45. The lowest BCUT2D eigenvalue weighted by molar-refractivity contribution is 0.00997. The SMILES string of the molecule is CN(CC1OCCc2ccccc21)C1CN(c2cc3c(nn2)CCC3)C1. The van der Waals surface area contributed by atoms with Gasteiger partial charge in [0.1, 0.15) is 0 Å². The summed E-state index contributed by atoms with van der Waals surface area (Å²) in [6, 6.07) is 11.5. The van der Waals surface area contributed by atoms with Gasteiger partial charge in [-0.1, -0.05) is 24.3 Å². The van der Waals surface area contributed by atoms with Crippen LogP contribution in [0.3, 0.4) is 0 Å². The maximum Gasteiger partial charge on any atom is 0.151 e. The van der Waals surface area contributed by atoms with Gasteiger partial charge in [-0.3, -0.25) is 4.90 Å². The summed E-state index contributed by atoms with van der Waals surface area (Å²) in [5, 5.41) is 8.87. The van der Waals surface area contributed by atoms with E-state index >= 15 is 0 Å². The first-order chi connectivity index (χ1) is 12.8. The molecular formula is C21H26N4O. The molecule has 0 spiro atoms. The number of likely N-dealkylation sites (N-methyl/N-ethyl adjacent to an activating group) is 1. The van der Waals surface area contributed by atoms with Crippen LogP contribution in [-0.4, -0.2) is 54.4 Å². The molecule has 3 heterocycles. The fraction of sp³-hybridized carbons (Fsp3) is 0.524. The van der Waals surface area contributed by atoms with Gasteiger partial charge in [-0.15, -0.1) is 5.10 Å². The summed E-state index contributed by atoms with van der Waals surface area (Å²) >= 11 is 0. The summed E-state index contributed by atoms with van der Waals surface area (Å²) in [6.07, 6.45) is 4.70. The Hall–Kier alpha value is -1.98. The molecule has 0 saturated carbocycles. The molecule has 5 nitrogen and oxygen atoms in total. The Morgan fingerprint density at radius 3 is 2.92 bits per heavy atom. The average molecular weight is 350 g/mol. The Bertz CT molecular complexity index is 802. The largest absolute Gasteiger partial charge is 0.372 e. The molecule has 2 aromatic rings. The lowest BCUT2D eigenvalue weighted by Gasteiger charge is -2.45. The summed E-state index contributed by atoms with van der Waals surface area (Å²) in [6.45, 7) is 3.83. The number of hydrogen-bond donors (Lipinski definition) is 0. The van der Waals surface area contributed by atoms with Crippen LogP contribution in [-0.2, 0) is 24.0 Å². The fourth-order valence-electron chi connectivity index (χ4n) is 4.43. The van der Waals surface area contributed by atoms with Crippen LogP contribution in [0.1, 0.15) is 34.9 Å². The number of anilines is 1. The van der Waals surface area contributed by atoms with Gasteiger partial charge >= 0.3 is 0 Å². The number of hydrogen-bond acceptors (Lipinski definition) is 5.